The zero-order valence-electron chi connectivity index (χ0n) is 9.55. The van der Waals surface area contributed by atoms with E-state index in [1.54, 1.807) is 12.1 Å². The Kier molecular flexibility index (Phi) is 5.42. The minimum atomic E-state index is -3.36. The molecule has 18 heavy (non-hydrogen) atoms. The van der Waals surface area contributed by atoms with Gasteiger partial charge in [-0.1, -0.05) is 15.9 Å². The van der Waals surface area contributed by atoms with E-state index in [1.807, 2.05) is 0 Å². The van der Waals surface area contributed by atoms with Crippen LogP contribution in [0.2, 0.25) is 0 Å². The smallest absolute Gasteiger partial charge is 0.343 e. The van der Waals surface area contributed by atoms with Crippen LogP contribution in [-0.2, 0) is 19.6 Å². The minimum Gasteiger partial charge on any atom is -0.482 e. The number of alkyl halides is 1. The van der Waals surface area contributed by atoms with Crippen molar-refractivity contribution in [2.24, 2.45) is 0 Å². The highest BCUT2D eigenvalue weighted by Gasteiger charge is 2.07. The molecule has 0 atom stereocenters. The average Bonchev–Trinajstić information content (AvgIpc) is 2.37. The summed E-state index contributed by atoms with van der Waals surface area (Å²) in [7, 11) is -2.10. The van der Waals surface area contributed by atoms with Crippen LogP contribution in [0.1, 0.15) is 0 Å². The fourth-order valence-corrected chi connectivity index (χ4v) is 1.92. The molecule has 0 amide bonds. The van der Waals surface area contributed by atoms with Gasteiger partial charge in [0, 0.05) is 5.69 Å². The Morgan fingerprint density at radius 2 is 1.94 bits per heavy atom. The maximum atomic E-state index is 11.3. The number of nitrogens with one attached hydrogen (secondary N) is 1. The minimum absolute atomic E-state index is 0.180. The maximum absolute atomic E-state index is 11.3. The highest BCUT2D eigenvalue weighted by Crippen LogP contribution is 2.17. The molecule has 0 aromatic heterocycles. The molecule has 0 aliphatic heterocycles. The predicted octanol–water partition coefficient (Wildman–Crippen LogP) is 1.33. The number of rotatable bonds is 6. The van der Waals surface area contributed by atoms with E-state index in [-0.39, 0.29) is 11.3 Å². The Labute approximate surface area is 113 Å². The number of carbonyl (C=O) groups excluding carboxylic acids is 1. The quantitative estimate of drug-likeness (QED) is 0.625. The second-order valence-corrected chi connectivity index (χ2v) is 6.24. The molecule has 1 N–H and O–H groups in total. The van der Waals surface area contributed by atoms with Gasteiger partial charge >= 0.3 is 5.97 Å². The fraction of sp³-hybridized carbons (Fsp3) is 0.300. The summed E-state index contributed by atoms with van der Waals surface area (Å²) < 4.78 is 34.2. The van der Waals surface area contributed by atoms with Crippen molar-refractivity contribution in [1.82, 2.24) is 0 Å². The van der Waals surface area contributed by atoms with Crippen LogP contribution in [0.3, 0.4) is 0 Å². The Bertz CT molecular complexity index is 500. The summed E-state index contributed by atoms with van der Waals surface area (Å²) in [5.41, 5.74) is 0.417. The Hall–Kier alpha value is -1.28. The van der Waals surface area contributed by atoms with Crippen molar-refractivity contribution in [3.8, 4) is 5.75 Å². The van der Waals surface area contributed by atoms with Gasteiger partial charge in [0.25, 0.3) is 0 Å². The molecule has 1 rings (SSSR count). The molecule has 0 unspecified atom stereocenters. The lowest BCUT2D eigenvalue weighted by atomic mass is 10.3. The first-order chi connectivity index (χ1) is 8.46. The van der Waals surface area contributed by atoms with Gasteiger partial charge in [-0.25, -0.2) is 13.2 Å². The summed E-state index contributed by atoms with van der Waals surface area (Å²) >= 11 is 2.87. The van der Waals surface area contributed by atoms with Gasteiger partial charge in [-0.2, -0.15) is 0 Å². The van der Waals surface area contributed by atoms with Crippen molar-refractivity contribution in [1.29, 1.82) is 0 Å². The summed E-state index contributed by atoms with van der Waals surface area (Å²) in [6, 6.07) is 6.17. The lowest BCUT2D eigenvalue weighted by Gasteiger charge is -2.07. The van der Waals surface area contributed by atoms with Gasteiger partial charge in [-0.05, 0) is 24.3 Å². The summed E-state index contributed by atoms with van der Waals surface area (Å²) in [5, 5.41) is 0. The second kappa shape index (κ2) is 6.60. The van der Waals surface area contributed by atoms with Gasteiger partial charge in [0.2, 0.25) is 10.0 Å². The monoisotopic (exact) mass is 337 g/mol. The van der Waals surface area contributed by atoms with Crippen molar-refractivity contribution < 1.29 is 22.7 Å². The third-order valence-corrected chi connectivity index (χ3v) is 4.50. The van der Waals surface area contributed by atoms with E-state index in [1.165, 1.54) is 19.2 Å². The SMILES string of the molecule is COC(=O)COc1ccc(NS(=O)(=O)CBr)cc1. The van der Waals surface area contributed by atoms with Gasteiger partial charge < -0.3 is 9.47 Å². The Morgan fingerprint density at radius 1 is 1.33 bits per heavy atom. The summed E-state index contributed by atoms with van der Waals surface area (Å²) in [6.07, 6.45) is 0. The topological polar surface area (TPSA) is 81.7 Å². The number of sulfonamides is 1. The molecule has 1 aromatic carbocycles. The van der Waals surface area contributed by atoms with Gasteiger partial charge in [-0.3, -0.25) is 4.72 Å². The Morgan fingerprint density at radius 3 is 2.44 bits per heavy atom. The highest BCUT2D eigenvalue weighted by atomic mass is 79.9. The summed E-state index contributed by atoms with van der Waals surface area (Å²) in [4.78, 5) is 10.8. The van der Waals surface area contributed by atoms with Crippen LogP contribution in [0.15, 0.2) is 24.3 Å². The largest absolute Gasteiger partial charge is 0.482 e. The van der Waals surface area contributed by atoms with E-state index in [0.29, 0.717) is 11.4 Å². The van der Waals surface area contributed by atoms with Gasteiger partial charge in [0.1, 0.15) is 10.4 Å². The molecular weight excluding hydrogens is 326 g/mol. The van der Waals surface area contributed by atoms with Gasteiger partial charge in [0.15, 0.2) is 6.61 Å². The molecule has 0 radical (unpaired) electrons. The van der Waals surface area contributed by atoms with Crippen LogP contribution < -0.4 is 9.46 Å². The van der Waals surface area contributed by atoms with E-state index < -0.39 is 16.0 Å². The van der Waals surface area contributed by atoms with Crippen molar-refractivity contribution in [3.05, 3.63) is 24.3 Å². The molecule has 0 fully saturated rings. The second-order valence-electron chi connectivity index (χ2n) is 3.22. The number of carbonyl (C=O) groups is 1. The number of esters is 1. The number of benzene rings is 1. The zero-order chi connectivity index (χ0) is 13.6. The van der Waals surface area contributed by atoms with Crippen LogP contribution in [0.25, 0.3) is 0 Å². The third kappa shape index (κ3) is 4.92. The normalized spacial score (nSPS) is 10.8. The molecule has 6 nitrogen and oxygen atoms in total. The standard InChI is InChI=1S/C10H12BrNO5S/c1-16-10(13)6-17-9-4-2-8(3-5-9)12-18(14,15)7-11/h2-5,12H,6-7H2,1H3. The molecule has 0 heterocycles. The number of halogens is 1. The van der Waals surface area contributed by atoms with E-state index >= 15 is 0 Å². The Balaban J connectivity index is 2.60. The average molecular weight is 338 g/mol. The molecular formula is C10H12BrNO5S. The first-order valence-corrected chi connectivity index (χ1v) is 7.60. The van der Waals surface area contributed by atoms with Crippen LogP contribution >= 0.6 is 15.9 Å². The molecule has 0 aliphatic carbocycles. The summed E-state index contributed by atoms with van der Waals surface area (Å²) in [6.45, 7) is -0.191. The molecule has 0 saturated heterocycles. The molecule has 0 saturated carbocycles. The van der Waals surface area contributed by atoms with E-state index in [4.69, 9.17) is 4.74 Å². The van der Waals surface area contributed by atoms with Gasteiger partial charge in [-0.15, -0.1) is 0 Å². The van der Waals surface area contributed by atoms with Crippen molar-refractivity contribution >= 4 is 37.6 Å². The highest BCUT2D eigenvalue weighted by molar-refractivity contribution is 9.10. The number of ether oxygens (including phenoxy) is 2. The number of methoxy groups -OCH3 is 1. The molecule has 8 heteroatoms. The van der Waals surface area contributed by atoms with E-state index in [9.17, 15) is 13.2 Å². The third-order valence-electron chi connectivity index (χ3n) is 1.86. The van der Waals surface area contributed by atoms with Crippen LogP contribution in [-0.4, -0.2) is 32.8 Å². The van der Waals surface area contributed by atoms with Crippen LogP contribution in [0.5, 0.6) is 5.75 Å². The number of hydrogen-bond donors (Lipinski definition) is 1. The first-order valence-electron chi connectivity index (χ1n) is 4.83. The molecule has 0 aliphatic rings. The first kappa shape index (κ1) is 14.8. The van der Waals surface area contributed by atoms with Crippen LogP contribution in [0.4, 0.5) is 5.69 Å². The zero-order valence-corrected chi connectivity index (χ0v) is 12.0. The van der Waals surface area contributed by atoms with E-state index in [2.05, 4.69) is 25.4 Å². The predicted molar refractivity (Wildman–Crippen MR) is 70.3 cm³/mol. The van der Waals surface area contributed by atoms with Gasteiger partial charge in [0.05, 0.1) is 7.11 Å². The lowest BCUT2D eigenvalue weighted by Crippen LogP contribution is -2.13. The number of anilines is 1. The van der Waals surface area contributed by atoms with E-state index in [0.717, 1.165) is 0 Å². The number of hydrogen-bond acceptors (Lipinski definition) is 5. The van der Waals surface area contributed by atoms with Crippen molar-refractivity contribution in [2.45, 2.75) is 0 Å². The molecule has 100 valence electrons. The van der Waals surface area contributed by atoms with Crippen LogP contribution in [0, 0.1) is 0 Å². The molecule has 0 bridgehead atoms. The lowest BCUT2D eigenvalue weighted by molar-refractivity contribution is -0.142. The molecule has 0 spiro atoms. The molecule has 1 aromatic rings. The fourth-order valence-electron chi connectivity index (χ4n) is 1.03. The van der Waals surface area contributed by atoms with Crippen molar-refractivity contribution in [3.63, 3.8) is 0 Å². The summed E-state index contributed by atoms with van der Waals surface area (Å²) in [5.74, 6) is -0.0405. The maximum Gasteiger partial charge on any atom is 0.343 e. The van der Waals surface area contributed by atoms with Crippen molar-refractivity contribution in [2.75, 3.05) is 23.1 Å².